The summed E-state index contributed by atoms with van der Waals surface area (Å²) in [6.45, 7) is 8.26. The van der Waals surface area contributed by atoms with E-state index in [1.807, 2.05) is 39.3 Å². The standard InChI is InChI=1S/C15H22N6O/c1-8(2)11-6-12(20-15(16)19-11)14(22)17-7-13-18-9(3)10(4)21(13)5/h6,8H,7H2,1-5H3,(H,17,22)(H2,16,19,20). The molecule has 0 fully saturated rings. The minimum absolute atomic E-state index is 0.111. The van der Waals surface area contributed by atoms with Gasteiger partial charge in [-0.05, 0) is 25.8 Å². The quantitative estimate of drug-likeness (QED) is 0.891. The van der Waals surface area contributed by atoms with Crippen molar-refractivity contribution in [3.63, 3.8) is 0 Å². The highest BCUT2D eigenvalue weighted by molar-refractivity contribution is 5.92. The molecule has 22 heavy (non-hydrogen) atoms. The SMILES string of the molecule is Cc1nc(CNC(=O)c2cc(C(C)C)nc(N)n2)n(C)c1C. The molecular weight excluding hydrogens is 280 g/mol. The second-order valence-corrected chi connectivity index (χ2v) is 5.63. The third-order valence-corrected chi connectivity index (χ3v) is 3.71. The predicted molar refractivity (Wildman–Crippen MR) is 84.4 cm³/mol. The molecule has 2 aromatic rings. The van der Waals surface area contributed by atoms with Crippen molar-refractivity contribution in [2.45, 2.75) is 40.2 Å². The number of nitrogens with zero attached hydrogens (tertiary/aromatic N) is 4. The summed E-state index contributed by atoms with van der Waals surface area (Å²) in [4.78, 5) is 24.8. The molecule has 1 amide bonds. The van der Waals surface area contributed by atoms with Gasteiger partial charge in [-0.25, -0.2) is 15.0 Å². The molecule has 0 saturated carbocycles. The van der Waals surface area contributed by atoms with Gasteiger partial charge in [0.25, 0.3) is 5.91 Å². The van der Waals surface area contributed by atoms with E-state index in [-0.39, 0.29) is 23.5 Å². The Bertz CT molecular complexity index is 704. The Labute approximate surface area is 130 Å². The maximum atomic E-state index is 12.3. The van der Waals surface area contributed by atoms with Gasteiger partial charge in [0.1, 0.15) is 11.5 Å². The monoisotopic (exact) mass is 302 g/mol. The zero-order valence-electron chi connectivity index (χ0n) is 13.6. The number of hydrogen-bond acceptors (Lipinski definition) is 5. The van der Waals surface area contributed by atoms with Gasteiger partial charge in [-0.1, -0.05) is 13.8 Å². The van der Waals surface area contributed by atoms with Gasteiger partial charge in [0, 0.05) is 18.4 Å². The van der Waals surface area contributed by atoms with Crippen LogP contribution in [0.15, 0.2) is 6.07 Å². The maximum Gasteiger partial charge on any atom is 0.270 e. The van der Waals surface area contributed by atoms with Gasteiger partial charge in [0.05, 0.1) is 12.2 Å². The number of carbonyl (C=O) groups is 1. The largest absolute Gasteiger partial charge is 0.368 e. The van der Waals surface area contributed by atoms with Crippen molar-refractivity contribution >= 4 is 11.9 Å². The lowest BCUT2D eigenvalue weighted by Crippen LogP contribution is -2.26. The van der Waals surface area contributed by atoms with E-state index >= 15 is 0 Å². The fraction of sp³-hybridized carbons (Fsp3) is 0.467. The Kier molecular flexibility index (Phi) is 4.44. The summed E-state index contributed by atoms with van der Waals surface area (Å²) in [7, 11) is 1.93. The van der Waals surface area contributed by atoms with Crippen molar-refractivity contribution in [1.82, 2.24) is 24.8 Å². The molecule has 2 heterocycles. The van der Waals surface area contributed by atoms with Gasteiger partial charge in [0.15, 0.2) is 0 Å². The average molecular weight is 302 g/mol. The maximum absolute atomic E-state index is 12.3. The Morgan fingerprint density at radius 3 is 2.55 bits per heavy atom. The number of rotatable bonds is 4. The van der Waals surface area contributed by atoms with E-state index < -0.39 is 0 Å². The fourth-order valence-electron chi connectivity index (χ4n) is 2.09. The topological polar surface area (TPSA) is 98.7 Å². The molecule has 0 aliphatic carbocycles. The number of nitrogens with one attached hydrogen (secondary N) is 1. The Hall–Kier alpha value is -2.44. The molecule has 0 spiro atoms. The van der Waals surface area contributed by atoms with Crippen molar-refractivity contribution < 1.29 is 4.79 Å². The van der Waals surface area contributed by atoms with Gasteiger partial charge in [-0.2, -0.15) is 0 Å². The Balaban J connectivity index is 2.14. The summed E-state index contributed by atoms with van der Waals surface area (Å²) in [5.74, 6) is 0.806. The molecule has 2 rings (SSSR count). The first-order valence-corrected chi connectivity index (χ1v) is 7.21. The number of anilines is 1. The smallest absolute Gasteiger partial charge is 0.270 e. The second kappa shape index (κ2) is 6.13. The van der Waals surface area contributed by atoms with Crippen molar-refractivity contribution in [2.24, 2.45) is 7.05 Å². The van der Waals surface area contributed by atoms with E-state index in [4.69, 9.17) is 5.73 Å². The molecular formula is C15H22N6O. The van der Waals surface area contributed by atoms with Gasteiger partial charge < -0.3 is 15.6 Å². The van der Waals surface area contributed by atoms with Gasteiger partial charge in [-0.15, -0.1) is 0 Å². The van der Waals surface area contributed by atoms with Crippen molar-refractivity contribution in [1.29, 1.82) is 0 Å². The second-order valence-electron chi connectivity index (χ2n) is 5.63. The highest BCUT2D eigenvalue weighted by Gasteiger charge is 2.14. The van der Waals surface area contributed by atoms with E-state index in [0.29, 0.717) is 6.54 Å². The van der Waals surface area contributed by atoms with E-state index in [1.165, 1.54) is 0 Å². The summed E-state index contributed by atoms with van der Waals surface area (Å²) in [6, 6.07) is 1.67. The lowest BCUT2D eigenvalue weighted by molar-refractivity contribution is 0.0944. The Morgan fingerprint density at radius 2 is 2.00 bits per heavy atom. The van der Waals surface area contributed by atoms with Crippen LogP contribution in [0.4, 0.5) is 5.95 Å². The number of aromatic nitrogens is 4. The first-order chi connectivity index (χ1) is 10.3. The number of hydrogen-bond donors (Lipinski definition) is 2. The van der Waals surface area contributed by atoms with Crippen molar-refractivity contribution in [2.75, 3.05) is 5.73 Å². The van der Waals surface area contributed by atoms with E-state index in [2.05, 4.69) is 20.3 Å². The number of nitrogen functional groups attached to an aromatic ring is 1. The summed E-state index contributed by atoms with van der Waals surface area (Å²) in [5.41, 5.74) is 8.74. The lowest BCUT2D eigenvalue weighted by Gasteiger charge is -2.09. The summed E-state index contributed by atoms with van der Waals surface area (Å²) >= 11 is 0. The number of aryl methyl sites for hydroxylation is 1. The summed E-state index contributed by atoms with van der Waals surface area (Å²) in [6.07, 6.45) is 0. The molecule has 0 bridgehead atoms. The van der Waals surface area contributed by atoms with E-state index in [9.17, 15) is 4.79 Å². The van der Waals surface area contributed by atoms with Crippen LogP contribution in [-0.2, 0) is 13.6 Å². The van der Waals surface area contributed by atoms with Crippen molar-refractivity contribution in [3.8, 4) is 0 Å². The molecule has 0 radical (unpaired) electrons. The van der Waals surface area contributed by atoms with Crippen LogP contribution in [0.2, 0.25) is 0 Å². The zero-order valence-corrected chi connectivity index (χ0v) is 13.6. The van der Waals surface area contributed by atoms with E-state index in [0.717, 1.165) is 22.9 Å². The highest BCUT2D eigenvalue weighted by atomic mass is 16.1. The van der Waals surface area contributed by atoms with E-state index in [1.54, 1.807) is 6.07 Å². The summed E-state index contributed by atoms with van der Waals surface area (Å²) in [5, 5.41) is 2.82. The van der Waals surface area contributed by atoms with Crippen LogP contribution < -0.4 is 11.1 Å². The molecule has 118 valence electrons. The third-order valence-electron chi connectivity index (χ3n) is 3.71. The third kappa shape index (κ3) is 3.24. The average Bonchev–Trinajstić information content (AvgIpc) is 2.71. The molecule has 2 aromatic heterocycles. The molecule has 7 nitrogen and oxygen atoms in total. The molecule has 0 saturated heterocycles. The number of imidazole rings is 1. The molecule has 0 unspecified atom stereocenters. The van der Waals surface area contributed by atoms with Gasteiger partial charge in [-0.3, -0.25) is 4.79 Å². The van der Waals surface area contributed by atoms with Crippen LogP contribution >= 0.6 is 0 Å². The first-order valence-electron chi connectivity index (χ1n) is 7.21. The number of amides is 1. The van der Waals surface area contributed by atoms with Crippen LogP contribution in [0, 0.1) is 13.8 Å². The molecule has 3 N–H and O–H groups in total. The summed E-state index contributed by atoms with van der Waals surface area (Å²) < 4.78 is 1.96. The normalized spacial score (nSPS) is 11.0. The number of nitrogens with two attached hydrogens (primary N) is 1. The highest BCUT2D eigenvalue weighted by Crippen LogP contribution is 2.14. The minimum atomic E-state index is -0.283. The van der Waals surface area contributed by atoms with Crippen LogP contribution in [0.3, 0.4) is 0 Å². The molecule has 0 aliphatic rings. The van der Waals surface area contributed by atoms with Crippen LogP contribution in [0.5, 0.6) is 0 Å². The lowest BCUT2D eigenvalue weighted by atomic mass is 10.1. The molecule has 0 aromatic carbocycles. The predicted octanol–water partition coefficient (Wildman–Crippen LogP) is 1.46. The first kappa shape index (κ1) is 15.9. The van der Waals surface area contributed by atoms with Crippen molar-refractivity contribution in [3.05, 3.63) is 34.7 Å². The molecule has 0 atom stereocenters. The zero-order chi connectivity index (χ0) is 16.4. The van der Waals surface area contributed by atoms with Crippen LogP contribution in [0.1, 0.15) is 53.2 Å². The fourth-order valence-corrected chi connectivity index (χ4v) is 2.09. The van der Waals surface area contributed by atoms with Gasteiger partial charge in [0.2, 0.25) is 5.95 Å². The number of carbonyl (C=O) groups excluding carboxylic acids is 1. The van der Waals surface area contributed by atoms with Crippen LogP contribution in [0.25, 0.3) is 0 Å². The molecule has 7 heteroatoms. The van der Waals surface area contributed by atoms with Crippen LogP contribution in [-0.4, -0.2) is 25.4 Å². The van der Waals surface area contributed by atoms with Gasteiger partial charge >= 0.3 is 0 Å². The Morgan fingerprint density at radius 1 is 1.32 bits per heavy atom. The molecule has 0 aliphatic heterocycles. The minimum Gasteiger partial charge on any atom is -0.368 e.